The Morgan fingerprint density at radius 1 is 0.750 bits per heavy atom. The lowest BCUT2D eigenvalue weighted by Crippen LogP contribution is -2.45. The van der Waals surface area contributed by atoms with Crippen molar-refractivity contribution in [1.82, 2.24) is 20.0 Å². The summed E-state index contributed by atoms with van der Waals surface area (Å²) in [5.74, 6) is 0.842. The van der Waals surface area contributed by atoms with Crippen LogP contribution in [0.1, 0.15) is 0 Å². The first-order valence-corrected chi connectivity index (χ1v) is 11.3. The van der Waals surface area contributed by atoms with Crippen molar-refractivity contribution in [2.75, 3.05) is 51.6 Å². The highest BCUT2D eigenvalue weighted by molar-refractivity contribution is 5.87. The molecule has 0 atom stereocenters. The predicted octanol–water partition coefficient (Wildman–Crippen LogP) is 4.62. The summed E-state index contributed by atoms with van der Waals surface area (Å²) in [5.41, 5.74) is 4.20. The lowest BCUT2D eigenvalue weighted by Gasteiger charge is -2.32. The first-order chi connectivity index (χ1) is 15.8. The van der Waals surface area contributed by atoms with E-state index in [9.17, 15) is 0 Å². The van der Waals surface area contributed by atoms with E-state index in [1.807, 2.05) is 6.07 Å². The molecule has 0 aliphatic carbocycles. The van der Waals surface area contributed by atoms with Crippen molar-refractivity contribution in [1.29, 1.82) is 0 Å². The van der Waals surface area contributed by atoms with Crippen molar-refractivity contribution in [3.63, 3.8) is 0 Å². The first kappa shape index (κ1) is 20.6. The second-order valence-electron chi connectivity index (χ2n) is 8.49. The van der Waals surface area contributed by atoms with Crippen LogP contribution in [-0.2, 0) is 0 Å². The smallest absolute Gasteiger partial charge is 0.156 e. The van der Waals surface area contributed by atoms with Crippen LogP contribution in [0.5, 0.6) is 0 Å². The number of hydrogen-bond acceptors (Lipinski definition) is 5. The molecular weight excluding hydrogens is 394 g/mol. The third-order valence-electron chi connectivity index (χ3n) is 6.24. The van der Waals surface area contributed by atoms with Crippen LogP contribution in [0.2, 0.25) is 0 Å². The van der Waals surface area contributed by atoms with Crippen LogP contribution in [0.15, 0.2) is 78.9 Å². The van der Waals surface area contributed by atoms with Gasteiger partial charge in [0, 0.05) is 50.4 Å². The van der Waals surface area contributed by atoms with Gasteiger partial charge in [-0.05, 0) is 35.5 Å². The van der Waals surface area contributed by atoms with Crippen LogP contribution in [0, 0.1) is 0 Å². The zero-order valence-corrected chi connectivity index (χ0v) is 18.5. The largest absolute Gasteiger partial charge is 0.367 e. The first-order valence-electron chi connectivity index (χ1n) is 11.3. The molecule has 5 rings (SSSR count). The van der Waals surface area contributed by atoms with E-state index in [2.05, 4.69) is 105 Å². The lowest BCUT2D eigenvalue weighted by atomic mass is 10.0. The Balaban J connectivity index is 1.40. The van der Waals surface area contributed by atoms with Crippen molar-refractivity contribution in [2.24, 2.45) is 0 Å². The maximum atomic E-state index is 4.62. The van der Waals surface area contributed by atoms with Crippen LogP contribution in [0.4, 0.5) is 5.82 Å². The number of fused-ring (bicyclic) bond motifs is 1. The molecule has 0 amide bonds. The quantitative estimate of drug-likeness (QED) is 0.490. The summed E-state index contributed by atoms with van der Waals surface area (Å²) in [7, 11) is 2.19. The Bertz CT molecular complexity index is 1180. The van der Waals surface area contributed by atoms with E-state index < -0.39 is 0 Å². The van der Waals surface area contributed by atoms with E-state index in [1.54, 1.807) is 0 Å². The van der Waals surface area contributed by atoms with Crippen LogP contribution >= 0.6 is 0 Å². The summed E-state index contributed by atoms with van der Waals surface area (Å²) < 4.78 is 0. The van der Waals surface area contributed by atoms with Gasteiger partial charge in [-0.1, -0.05) is 66.7 Å². The second-order valence-corrected chi connectivity index (χ2v) is 8.49. The Labute approximate surface area is 189 Å². The number of aromatic nitrogens is 2. The van der Waals surface area contributed by atoms with Gasteiger partial charge in [-0.2, -0.15) is 0 Å². The molecule has 5 heteroatoms. The van der Waals surface area contributed by atoms with Gasteiger partial charge in [0.15, 0.2) is 5.82 Å². The fourth-order valence-corrected chi connectivity index (χ4v) is 4.25. The summed E-state index contributed by atoms with van der Waals surface area (Å²) in [5, 5.41) is 15.2. The minimum atomic E-state index is 0.842. The van der Waals surface area contributed by atoms with Crippen LogP contribution in [-0.4, -0.2) is 66.3 Å². The summed E-state index contributed by atoms with van der Waals surface area (Å²) in [6.45, 7) is 6.38. The summed E-state index contributed by atoms with van der Waals surface area (Å²) in [6, 6.07) is 27.5. The fourth-order valence-electron chi connectivity index (χ4n) is 4.25. The molecule has 1 N–H and O–H groups in total. The molecule has 0 spiro atoms. The normalized spacial score (nSPS) is 15.2. The topological polar surface area (TPSA) is 44.3 Å². The molecular formula is C27H29N5. The molecule has 0 saturated carbocycles. The molecule has 0 radical (unpaired) electrons. The minimum Gasteiger partial charge on any atom is -0.367 e. The van der Waals surface area contributed by atoms with Gasteiger partial charge in [-0.25, -0.2) is 0 Å². The van der Waals surface area contributed by atoms with E-state index >= 15 is 0 Å². The average Bonchev–Trinajstić information content (AvgIpc) is 2.85. The highest BCUT2D eigenvalue weighted by atomic mass is 15.3. The van der Waals surface area contributed by atoms with Crippen molar-refractivity contribution in [3.8, 4) is 22.4 Å². The number of benzene rings is 3. The molecule has 5 nitrogen and oxygen atoms in total. The van der Waals surface area contributed by atoms with Gasteiger partial charge in [0.05, 0.1) is 5.69 Å². The SMILES string of the molecule is CN1CCN(CCNc2nnc(-c3ccc4ccccc4c3)cc2-c2ccccc2)CC1. The van der Waals surface area contributed by atoms with E-state index in [4.69, 9.17) is 0 Å². The number of piperazine rings is 1. The molecule has 3 aromatic carbocycles. The van der Waals surface area contributed by atoms with Crippen LogP contribution < -0.4 is 5.32 Å². The van der Waals surface area contributed by atoms with Gasteiger partial charge < -0.3 is 10.2 Å². The third-order valence-corrected chi connectivity index (χ3v) is 6.24. The lowest BCUT2D eigenvalue weighted by molar-refractivity contribution is 0.158. The van der Waals surface area contributed by atoms with E-state index in [-0.39, 0.29) is 0 Å². The van der Waals surface area contributed by atoms with Crippen molar-refractivity contribution in [3.05, 3.63) is 78.9 Å². The van der Waals surface area contributed by atoms with E-state index in [1.165, 1.54) is 10.8 Å². The Morgan fingerprint density at radius 3 is 2.31 bits per heavy atom. The van der Waals surface area contributed by atoms with E-state index in [0.29, 0.717) is 0 Å². The Hall–Kier alpha value is -3.28. The Morgan fingerprint density at radius 2 is 1.50 bits per heavy atom. The number of nitrogens with zero attached hydrogens (tertiary/aromatic N) is 4. The molecule has 1 aliphatic rings. The molecule has 1 aromatic heterocycles. The van der Waals surface area contributed by atoms with Crippen molar-refractivity contribution < 1.29 is 0 Å². The molecule has 162 valence electrons. The molecule has 1 fully saturated rings. The highest BCUT2D eigenvalue weighted by Crippen LogP contribution is 2.30. The van der Waals surface area contributed by atoms with Gasteiger partial charge in [-0.15, -0.1) is 10.2 Å². The van der Waals surface area contributed by atoms with Gasteiger partial charge >= 0.3 is 0 Å². The number of rotatable bonds is 6. The standard InChI is InChI=1S/C27H29N5/c1-31-15-17-32(18-16-31)14-13-28-27-25(22-8-3-2-4-9-22)20-26(29-30-27)24-12-11-21-7-5-6-10-23(21)19-24/h2-12,19-20H,13-18H2,1H3,(H,28,30). The summed E-state index contributed by atoms with van der Waals surface area (Å²) >= 11 is 0. The number of nitrogens with one attached hydrogen (secondary N) is 1. The van der Waals surface area contributed by atoms with Gasteiger partial charge in [-0.3, -0.25) is 4.90 Å². The fraction of sp³-hybridized carbons (Fsp3) is 0.259. The van der Waals surface area contributed by atoms with Gasteiger partial charge in [0.25, 0.3) is 0 Å². The molecule has 4 aromatic rings. The van der Waals surface area contributed by atoms with Gasteiger partial charge in [0.2, 0.25) is 0 Å². The maximum absolute atomic E-state index is 4.62. The zero-order valence-electron chi connectivity index (χ0n) is 18.5. The van der Waals surface area contributed by atoms with Crippen LogP contribution in [0.3, 0.4) is 0 Å². The number of likely N-dealkylation sites (N-methyl/N-ethyl adjacent to an activating group) is 1. The van der Waals surface area contributed by atoms with Crippen LogP contribution in [0.25, 0.3) is 33.2 Å². The maximum Gasteiger partial charge on any atom is 0.156 e. The average molecular weight is 424 g/mol. The second kappa shape index (κ2) is 9.47. The number of anilines is 1. The molecule has 1 saturated heterocycles. The number of hydrogen-bond donors (Lipinski definition) is 1. The molecule has 1 aliphatic heterocycles. The molecule has 32 heavy (non-hydrogen) atoms. The zero-order chi connectivity index (χ0) is 21.8. The third kappa shape index (κ3) is 4.64. The van der Waals surface area contributed by atoms with Crippen molar-refractivity contribution in [2.45, 2.75) is 0 Å². The minimum absolute atomic E-state index is 0.842. The predicted molar refractivity (Wildman–Crippen MR) is 133 cm³/mol. The summed E-state index contributed by atoms with van der Waals surface area (Å²) in [4.78, 5) is 4.89. The monoisotopic (exact) mass is 423 g/mol. The Kier molecular flexibility index (Phi) is 6.10. The highest BCUT2D eigenvalue weighted by Gasteiger charge is 2.15. The van der Waals surface area contributed by atoms with E-state index in [0.717, 1.165) is 67.5 Å². The molecule has 0 unspecified atom stereocenters. The van der Waals surface area contributed by atoms with Crippen molar-refractivity contribution >= 4 is 16.6 Å². The molecule has 0 bridgehead atoms. The molecule has 2 heterocycles. The van der Waals surface area contributed by atoms with Gasteiger partial charge in [0.1, 0.15) is 0 Å². The summed E-state index contributed by atoms with van der Waals surface area (Å²) in [6.07, 6.45) is 0.